The van der Waals surface area contributed by atoms with Crippen LogP contribution in [0.4, 0.5) is 5.13 Å². The van der Waals surface area contributed by atoms with Gasteiger partial charge in [-0.1, -0.05) is 25.2 Å². The summed E-state index contributed by atoms with van der Waals surface area (Å²) in [5.74, 6) is 1.06. The van der Waals surface area contributed by atoms with Crippen molar-refractivity contribution in [2.75, 3.05) is 30.7 Å². The topological polar surface area (TPSA) is 75.2 Å². The van der Waals surface area contributed by atoms with Crippen LogP contribution >= 0.6 is 11.3 Å². The summed E-state index contributed by atoms with van der Waals surface area (Å²) >= 11 is 1.43. The number of nitrogens with one attached hydrogen (secondary N) is 1. The highest BCUT2D eigenvalue weighted by molar-refractivity contribution is 7.86. The van der Waals surface area contributed by atoms with Gasteiger partial charge in [-0.25, -0.2) is 0 Å². The first-order valence-electron chi connectivity index (χ1n) is 7.49. The summed E-state index contributed by atoms with van der Waals surface area (Å²) in [4.78, 5) is 14.2. The first-order chi connectivity index (χ1) is 10.3. The molecule has 1 unspecified atom stereocenters. The fraction of sp³-hybridized carbons (Fsp3) is 0.786. The lowest BCUT2D eigenvalue weighted by molar-refractivity contribution is -0.117. The molecule has 1 saturated heterocycles. The molecule has 124 valence electrons. The molecule has 0 aliphatic carbocycles. The molecule has 22 heavy (non-hydrogen) atoms. The molecule has 1 aliphatic rings. The molecule has 6 nitrogen and oxygen atoms in total. The Kier molecular flexibility index (Phi) is 5.68. The van der Waals surface area contributed by atoms with Crippen molar-refractivity contribution in [2.45, 2.75) is 38.9 Å². The van der Waals surface area contributed by atoms with Crippen molar-refractivity contribution in [3.8, 4) is 0 Å². The Hall–Kier alpha value is -0.860. The van der Waals surface area contributed by atoms with E-state index in [2.05, 4.69) is 29.4 Å². The second-order valence-corrected chi connectivity index (χ2v) is 9.93. The summed E-state index contributed by atoms with van der Waals surface area (Å²) in [5, 5.41) is 12.4. The number of aromatic nitrogens is 2. The molecule has 1 amide bonds. The molecule has 2 rings (SSSR count). The van der Waals surface area contributed by atoms with E-state index < -0.39 is 10.8 Å². The highest BCUT2D eigenvalue weighted by Crippen LogP contribution is 2.21. The summed E-state index contributed by atoms with van der Waals surface area (Å²) in [6.45, 7) is 9.88. The molecule has 0 radical (unpaired) electrons. The van der Waals surface area contributed by atoms with Gasteiger partial charge in [0.1, 0.15) is 5.01 Å². The molecule has 1 N–H and O–H groups in total. The van der Waals surface area contributed by atoms with Crippen molar-refractivity contribution in [1.82, 2.24) is 15.1 Å². The van der Waals surface area contributed by atoms with Gasteiger partial charge in [0.25, 0.3) is 0 Å². The minimum Gasteiger partial charge on any atom is -0.299 e. The lowest BCUT2D eigenvalue weighted by Crippen LogP contribution is -2.51. The van der Waals surface area contributed by atoms with Crippen LogP contribution in [0, 0.1) is 5.92 Å². The maximum atomic E-state index is 12.1. The summed E-state index contributed by atoms with van der Waals surface area (Å²) in [5.41, 5.74) is 0. The summed E-state index contributed by atoms with van der Waals surface area (Å²) in [6.07, 6.45) is 0.875. The van der Waals surface area contributed by atoms with E-state index in [1.165, 1.54) is 11.3 Å². The fourth-order valence-electron chi connectivity index (χ4n) is 2.41. The molecular weight excluding hydrogens is 320 g/mol. The maximum Gasteiger partial charge on any atom is 0.240 e. The molecule has 1 aliphatic heterocycles. The van der Waals surface area contributed by atoms with E-state index in [0.29, 0.717) is 36.4 Å². The maximum absolute atomic E-state index is 12.1. The Morgan fingerprint density at radius 2 is 2.18 bits per heavy atom. The van der Waals surface area contributed by atoms with Gasteiger partial charge in [0.15, 0.2) is 0 Å². The smallest absolute Gasteiger partial charge is 0.240 e. The lowest BCUT2D eigenvalue weighted by atomic mass is 10.1. The van der Waals surface area contributed by atoms with Gasteiger partial charge in [0, 0.05) is 36.1 Å². The molecular formula is C14H24N4O2S2. The SMILES string of the molecule is CC(C)Cc1nnc(NC(=O)CN2CCS(=O)C(C)(C)C2)s1. The van der Waals surface area contributed by atoms with Gasteiger partial charge in [-0.05, 0) is 19.8 Å². The van der Waals surface area contributed by atoms with E-state index in [9.17, 15) is 9.00 Å². The first kappa shape index (κ1) is 17.5. The predicted molar refractivity (Wildman–Crippen MR) is 90.6 cm³/mol. The highest BCUT2D eigenvalue weighted by Gasteiger charge is 2.33. The second-order valence-electron chi connectivity index (χ2n) is 6.67. The summed E-state index contributed by atoms with van der Waals surface area (Å²) in [7, 11) is -0.820. The van der Waals surface area contributed by atoms with Crippen molar-refractivity contribution in [1.29, 1.82) is 0 Å². The number of amides is 1. The number of anilines is 1. The van der Waals surface area contributed by atoms with Gasteiger partial charge >= 0.3 is 0 Å². The van der Waals surface area contributed by atoms with Crippen molar-refractivity contribution in [2.24, 2.45) is 5.92 Å². The van der Waals surface area contributed by atoms with Crippen molar-refractivity contribution in [3.05, 3.63) is 5.01 Å². The van der Waals surface area contributed by atoms with Crippen LogP contribution in [0.2, 0.25) is 0 Å². The molecule has 8 heteroatoms. The average molecular weight is 345 g/mol. The quantitative estimate of drug-likeness (QED) is 0.876. The molecule has 0 bridgehead atoms. The number of rotatable bonds is 5. The van der Waals surface area contributed by atoms with Gasteiger partial charge in [-0.3, -0.25) is 19.2 Å². The largest absolute Gasteiger partial charge is 0.299 e. The van der Waals surface area contributed by atoms with Crippen molar-refractivity contribution in [3.63, 3.8) is 0 Å². The number of hydrogen-bond acceptors (Lipinski definition) is 6. The standard InChI is InChI=1S/C14H24N4O2S2/c1-10(2)7-12-16-17-13(21-12)15-11(19)8-18-5-6-22(20)14(3,4)9-18/h10H,5-9H2,1-4H3,(H,15,17,19). The zero-order valence-electron chi connectivity index (χ0n) is 13.6. The third kappa shape index (κ3) is 4.82. The first-order valence-corrected chi connectivity index (χ1v) is 9.63. The number of hydrogen-bond donors (Lipinski definition) is 1. The Morgan fingerprint density at radius 1 is 1.45 bits per heavy atom. The Morgan fingerprint density at radius 3 is 2.82 bits per heavy atom. The molecule has 0 saturated carbocycles. The van der Waals surface area contributed by atoms with Crippen molar-refractivity contribution >= 4 is 33.2 Å². The van der Waals surface area contributed by atoms with Gasteiger partial charge < -0.3 is 0 Å². The van der Waals surface area contributed by atoms with E-state index in [1.54, 1.807) is 0 Å². The molecule has 1 aromatic rings. The van der Waals surface area contributed by atoms with Crippen LogP contribution in [0.25, 0.3) is 0 Å². The van der Waals surface area contributed by atoms with Gasteiger partial charge in [0.2, 0.25) is 11.0 Å². The Bertz CT molecular complexity index is 557. The van der Waals surface area contributed by atoms with E-state index in [4.69, 9.17) is 0 Å². The Balaban J connectivity index is 1.85. The van der Waals surface area contributed by atoms with Crippen LogP contribution in [-0.4, -0.2) is 55.3 Å². The third-order valence-electron chi connectivity index (χ3n) is 3.48. The van der Waals surface area contributed by atoms with Crippen LogP contribution in [0.1, 0.15) is 32.7 Å². The van der Waals surface area contributed by atoms with Crippen LogP contribution < -0.4 is 5.32 Å². The highest BCUT2D eigenvalue weighted by atomic mass is 32.2. The third-order valence-corrected chi connectivity index (χ3v) is 6.25. The number of carbonyl (C=O) groups excluding carboxylic acids is 1. The van der Waals surface area contributed by atoms with Crippen LogP contribution in [0.5, 0.6) is 0 Å². The molecule has 1 aromatic heterocycles. The van der Waals surface area contributed by atoms with E-state index in [1.807, 2.05) is 18.7 Å². The van der Waals surface area contributed by atoms with E-state index in [0.717, 1.165) is 11.4 Å². The van der Waals surface area contributed by atoms with Crippen LogP contribution in [0.15, 0.2) is 0 Å². The van der Waals surface area contributed by atoms with E-state index >= 15 is 0 Å². The van der Waals surface area contributed by atoms with Gasteiger partial charge in [-0.2, -0.15) is 0 Å². The van der Waals surface area contributed by atoms with Crippen LogP contribution in [-0.2, 0) is 22.0 Å². The predicted octanol–water partition coefficient (Wildman–Crippen LogP) is 1.52. The number of nitrogens with zero attached hydrogens (tertiary/aromatic N) is 3. The van der Waals surface area contributed by atoms with Gasteiger partial charge in [0.05, 0.1) is 11.3 Å². The molecule has 2 heterocycles. The second kappa shape index (κ2) is 7.14. The minimum atomic E-state index is -0.820. The molecule has 0 spiro atoms. The molecule has 0 aromatic carbocycles. The number of carbonyl (C=O) groups is 1. The minimum absolute atomic E-state index is 0.0873. The zero-order valence-corrected chi connectivity index (χ0v) is 15.2. The summed E-state index contributed by atoms with van der Waals surface area (Å²) < 4.78 is 11.6. The lowest BCUT2D eigenvalue weighted by Gasteiger charge is -2.36. The fourth-order valence-corrected chi connectivity index (χ4v) is 4.68. The zero-order chi connectivity index (χ0) is 16.3. The summed E-state index contributed by atoms with van der Waals surface area (Å²) in [6, 6.07) is 0. The Labute approximate surface area is 138 Å². The monoisotopic (exact) mass is 344 g/mol. The average Bonchev–Trinajstić information content (AvgIpc) is 2.79. The van der Waals surface area contributed by atoms with Gasteiger partial charge in [-0.15, -0.1) is 10.2 Å². The molecule has 1 atom stereocenters. The van der Waals surface area contributed by atoms with Crippen LogP contribution in [0.3, 0.4) is 0 Å². The normalized spacial score (nSPS) is 22.0. The van der Waals surface area contributed by atoms with E-state index in [-0.39, 0.29) is 10.7 Å². The van der Waals surface area contributed by atoms with Crippen molar-refractivity contribution < 1.29 is 9.00 Å². The molecule has 1 fully saturated rings.